The van der Waals surface area contributed by atoms with Crippen LogP contribution in [-0.4, -0.2) is 44.4 Å². The lowest BCUT2D eigenvalue weighted by molar-refractivity contribution is 0.530. The molecule has 0 saturated carbocycles. The van der Waals surface area contributed by atoms with Crippen LogP contribution in [0, 0.1) is 5.82 Å². The van der Waals surface area contributed by atoms with Crippen LogP contribution in [0.25, 0.3) is 0 Å². The fraction of sp³-hybridized carbons (Fsp3) is 0.167. The van der Waals surface area contributed by atoms with Gasteiger partial charge in [-0.1, -0.05) is 23.9 Å². The van der Waals surface area contributed by atoms with Gasteiger partial charge in [-0.3, -0.25) is 0 Å². The number of nitrogens with zero attached hydrogens (tertiary/aromatic N) is 5. The number of anilines is 1. The molecule has 0 fully saturated rings. The maximum atomic E-state index is 12.8. The number of thiocarbonyl (C=S) groups is 1. The van der Waals surface area contributed by atoms with Crippen molar-refractivity contribution in [3.63, 3.8) is 0 Å². The highest BCUT2D eigenvalue weighted by molar-refractivity contribution is 7.98. The molecule has 2 aromatic rings. The minimum absolute atomic E-state index is 0.202. The van der Waals surface area contributed by atoms with E-state index < -0.39 is 0 Å². The Morgan fingerprint density at radius 3 is 2.71 bits per heavy atom. The first-order chi connectivity index (χ1) is 10.0. The van der Waals surface area contributed by atoms with Crippen molar-refractivity contribution in [2.45, 2.75) is 5.16 Å². The van der Waals surface area contributed by atoms with Gasteiger partial charge in [0, 0.05) is 7.05 Å². The van der Waals surface area contributed by atoms with Crippen LogP contribution in [-0.2, 0) is 0 Å². The quantitative estimate of drug-likeness (QED) is 0.402. The summed E-state index contributed by atoms with van der Waals surface area (Å²) in [5, 5.41) is 10.6. The molecule has 0 atom stereocenters. The molecule has 110 valence electrons. The van der Waals surface area contributed by atoms with Gasteiger partial charge in [-0.25, -0.2) is 9.40 Å². The average molecular weight is 324 g/mol. The molecule has 1 aromatic heterocycles. The molecule has 1 aromatic carbocycles. The zero-order chi connectivity index (χ0) is 15.4. The predicted molar refractivity (Wildman–Crippen MR) is 86.0 cm³/mol. The van der Waals surface area contributed by atoms with Gasteiger partial charge in [-0.05, 0) is 36.2 Å². The second kappa shape index (κ2) is 6.64. The highest BCUT2D eigenvalue weighted by Gasteiger charge is 2.13. The minimum atomic E-state index is -0.295. The molecule has 2 rings (SSSR count). The Balaban J connectivity index is 2.11. The van der Waals surface area contributed by atoms with E-state index in [0.29, 0.717) is 10.3 Å². The second-order valence-electron chi connectivity index (χ2n) is 3.97. The second-order valence-corrected chi connectivity index (χ2v) is 5.11. The Morgan fingerprint density at radius 1 is 1.48 bits per heavy atom. The van der Waals surface area contributed by atoms with Crippen LogP contribution in [0.2, 0.25) is 0 Å². The molecule has 0 saturated heterocycles. The monoisotopic (exact) mass is 324 g/mol. The topological polar surface area (TPSA) is 72.3 Å². The maximum absolute atomic E-state index is 12.8. The fourth-order valence-electron chi connectivity index (χ4n) is 1.42. The molecule has 0 aliphatic heterocycles. The molecule has 2 N–H and O–H groups in total. The van der Waals surface area contributed by atoms with Gasteiger partial charge in [0.2, 0.25) is 16.2 Å². The third-order valence-corrected chi connectivity index (χ3v) is 3.48. The number of thioether (sulfide) groups is 1. The third-order valence-electron chi connectivity index (χ3n) is 2.50. The number of hydrogen-bond acceptors (Lipinski definition) is 6. The van der Waals surface area contributed by atoms with Crippen molar-refractivity contribution in [1.82, 2.24) is 19.8 Å². The molecule has 0 unspecified atom stereocenters. The number of nitrogen functional groups attached to an aromatic ring is 1. The van der Waals surface area contributed by atoms with Crippen molar-refractivity contribution >= 4 is 41.3 Å². The van der Waals surface area contributed by atoms with Gasteiger partial charge >= 0.3 is 0 Å². The summed E-state index contributed by atoms with van der Waals surface area (Å²) in [7, 11) is 1.67. The highest BCUT2D eigenvalue weighted by Crippen LogP contribution is 2.11. The van der Waals surface area contributed by atoms with E-state index in [2.05, 4.69) is 15.2 Å². The number of hydrazone groups is 1. The van der Waals surface area contributed by atoms with E-state index in [9.17, 15) is 4.39 Å². The van der Waals surface area contributed by atoms with Crippen molar-refractivity contribution in [3.05, 3.63) is 35.6 Å². The Labute approximate surface area is 130 Å². The normalized spacial score (nSPS) is 11.0. The summed E-state index contributed by atoms with van der Waals surface area (Å²) in [5.41, 5.74) is 6.50. The van der Waals surface area contributed by atoms with E-state index in [4.69, 9.17) is 18.0 Å². The van der Waals surface area contributed by atoms with Gasteiger partial charge in [0.25, 0.3) is 0 Å². The van der Waals surface area contributed by atoms with Gasteiger partial charge in [0.15, 0.2) is 0 Å². The Morgan fingerprint density at radius 2 is 2.14 bits per heavy atom. The summed E-state index contributed by atoms with van der Waals surface area (Å²) in [6.07, 6.45) is 3.41. The van der Waals surface area contributed by atoms with Crippen LogP contribution < -0.4 is 5.73 Å². The van der Waals surface area contributed by atoms with Gasteiger partial charge in [-0.2, -0.15) is 14.8 Å². The Bertz CT molecular complexity index is 667. The van der Waals surface area contributed by atoms with E-state index in [1.54, 1.807) is 25.4 Å². The van der Waals surface area contributed by atoms with Crippen LogP contribution in [0.1, 0.15) is 5.56 Å². The lowest BCUT2D eigenvalue weighted by Gasteiger charge is -2.13. The molecule has 0 radical (unpaired) electrons. The van der Waals surface area contributed by atoms with Crippen LogP contribution in [0.5, 0.6) is 0 Å². The van der Waals surface area contributed by atoms with Crippen LogP contribution in [0.4, 0.5) is 10.3 Å². The fourth-order valence-corrected chi connectivity index (χ4v) is 1.95. The van der Waals surface area contributed by atoms with E-state index in [1.165, 1.54) is 33.6 Å². The van der Waals surface area contributed by atoms with Gasteiger partial charge in [-0.15, -0.1) is 5.10 Å². The summed E-state index contributed by atoms with van der Waals surface area (Å²) in [6, 6.07) is 5.95. The molecule has 9 heteroatoms. The largest absolute Gasteiger partial charge is 0.368 e. The van der Waals surface area contributed by atoms with Crippen molar-refractivity contribution < 1.29 is 4.39 Å². The lowest BCUT2D eigenvalue weighted by atomic mass is 10.2. The first kappa shape index (κ1) is 15.4. The summed E-state index contributed by atoms with van der Waals surface area (Å²) in [6.45, 7) is 0. The highest BCUT2D eigenvalue weighted by atomic mass is 32.2. The van der Waals surface area contributed by atoms with Crippen LogP contribution in [0.3, 0.4) is 0 Å². The molecule has 1 heterocycles. The van der Waals surface area contributed by atoms with Crippen molar-refractivity contribution in [2.75, 3.05) is 19.0 Å². The zero-order valence-electron chi connectivity index (χ0n) is 11.4. The standard InChI is InChI=1S/C12H13FN6S2/c1-18(15-7-8-3-5-9(13)6-4-8)12(20)19-10(14)16-11(17-19)21-2/h3-7H,1-2H3,(H2,14,16,17)/b15-7+. The molecule has 0 aliphatic rings. The number of halogens is 1. The summed E-state index contributed by atoms with van der Waals surface area (Å²) in [5.74, 6) is -0.0933. The molecule has 0 amide bonds. The predicted octanol–water partition coefficient (Wildman–Crippen LogP) is 1.82. The zero-order valence-corrected chi connectivity index (χ0v) is 13.0. The summed E-state index contributed by atoms with van der Waals surface area (Å²) < 4.78 is 14.1. The van der Waals surface area contributed by atoms with Crippen molar-refractivity contribution in [3.8, 4) is 0 Å². The van der Waals surface area contributed by atoms with E-state index >= 15 is 0 Å². The SMILES string of the molecule is CSc1nc(N)n(C(=S)N(C)/N=C/c2ccc(F)cc2)n1. The molecule has 21 heavy (non-hydrogen) atoms. The van der Waals surface area contributed by atoms with Crippen molar-refractivity contribution in [2.24, 2.45) is 5.10 Å². The van der Waals surface area contributed by atoms with Gasteiger partial charge < -0.3 is 5.73 Å². The van der Waals surface area contributed by atoms with E-state index in [0.717, 1.165) is 5.56 Å². The summed E-state index contributed by atoms with van der Waals surface area (Å²) >= 11 is 6.62. The van der Waals surface area contributed by atoms with Crippen LogP contribution in [0.15, 0.2) is 34.5 Å². The van der Waals surface area contributed by atoms with Crippen molar-refractivity contribution in [1.29, 1.82) is 0 Å². The van der Waals surface area contributed by atoms with E-state index in [-0.39, 0.29) is 11.8 Å². The average Bonchev–Trinajstić information content (AvgIpc) is 2.86. The molecule has 6 nitrogen and oxygen atoms in total. The van der Waals surface area contributed by atoms with E-state index in [1.807, 2.05) is 6.26 Å². The molecular weight excluding hydrogens is 311 g/mol. The molecule has 0 bridgehead atoms. The van der Waals surface area contributed by atoms with Gasteiger partial charge in [0.05, 0.1) is 6.21 Å². The number of rotatable bonds is 3. The number of benzene rings is 1. The smallest absolute Gasteiger partial charge is 0.226 e. The Hall–Kier alpha value is -2.00. The number of nitrogens with two attached hydrogens (primary N) is 1. The van der Waals surface area contributed by atoms with Gasteiger partial charge in [0.1, 0.15) is 5.82 Å². The maximum Gasteiger partial charge on any atom is 0.226 e. The van der Waals surface area contributed by atoms with Crippen LogP contribution >= 0.6 is 24.0 Å². The first-order valence-corrected chi connectivity index (χ1v) is 7.48. The number of aromatic nitrogens is 3. The Kier molecular flexibility index (Phi) is 4.86. The minimum Gasteiger partial charge on any atom is -0.368 e. The lowest BCUT2D eigenvalue weighted by Crippen LogP contribution is -2.28. The molecule has 0 spiro atoms. The summed E-state index contributed by atoms with van der Waals surface area (Å²) in [4.78, 5) is 4.05. The third kappa shape index (κ3) is 3.76. The first-order valence-electron chi connectivity index (χ1n) is 5.85. The molecule has 0 aliphatic carbocycles. The molecular formula is C12H13FN6S2. The number of hydrogen-bond donors (Lipinski definition) is 1.